The van der Waals surface area contributed by atoms with Crippen molar-refractivity contribution in [1.82, 2.24) is 4.90 Å². The molecule has 2 amide bonds. The van der Waals surface area contributed by atoms with E-state index in [1.54, 1.807) is 0 Å². The van der Waals surface area contributed by atoms with E-state index >= 15 is 0 Å². The van der Waals surface area contributed by atoms with Gasteiger partial charge in [0, 0.05) is 9.66 Å². The van der Waals surface area contributed by atoms with Crippen LogP contribution >= 0.6 is 22.6 Å². The monoisotopic (exact) mass is 731 g/mol. The van der Waals surface area contributed by atoms with Crippen molar-refractivity contribution in [3.8, 4) is 0 Å². The van der Waals surface area contributed by atoms with Crippen LogP contribution in [0, 0.1) is 0 Å². The predicted molar refractivity (Wildman–Crippen MR) is 105 cm³/mol. The average molecular weight is 731 g/mol. The number of nitrogens with zero attached hydrogens (tertiary/aromatic N) is 1. The van der Waals surface area contributed by atoms with E-state index in [4.69, 9.17) is 0 Å². The molecule has 3 nitrogen and oxygen atoms in total. The second kappa shape index (κ2) is 9.60. The number of fused-ring (bicyclic) bond motifs is 1. The molecular weight excluding hydrogens is 724 g/mol. The molecule has 1 aliphatic heterocycles. The number of carbonyl (C=O) groups excluding carboxylic acids is 2. The minimum atomic E-state index is -8.72. The third-order valence-corrected chi connectivity index (χ3v) is 5.92. The second-order valence-electron chi connectivity index (χ2n) is 7.90. The van der Waals surface area contributed by atoms with Crippen LogP contribution in [-0.2, 0) is 0 Å². The number of hydrogen-bond donors (Lipinski definition) is 0. The molecule has 0 bridgehead atoms. The van der Waals surface area contributed by atoms with Crippen molar-refractivity contribution in [3.05, 3.63) is 45.0 Å². The molecule has 0 saturated carbocycles. The molecule has 0 aliphatic carbocycles. The summed E-state index contributed by atoms with van der Waals surface area (Å²) in [6, 6.07) is 4.51. The van der Waals surface area contributed by atoms with E-state index in [0.29, 0.717) is 22.6 Å². The molecule has 21 heteroatoms. The Morgan fingerprint density at radius 2 is 0.925 bits per heavy atom. The Labute approximate surface area is 223 Å². The molecule has 0 fully saturated rings. The number of allylic oxidation sites excluding steroid dienone is 1. The highest BCUT2D eigenvalue weighted by molar-refractivity contribution is 14.1. The van der Waals surface area contributed by atoms with Gasteiger partial charge < -0.3 is 0 Å². The van der Waals surface area contributed by atoms with Crippen LogP contribution in [0.4, 0.5) is 74.6 Å². The molecule has 0 spiro atoms. The summed E-state index contributed by atoms with van der Waals surface area (Å²) in [6.45, 7) is -1.44. The summed E-state index contributed by atoms with van der Waals surface area (Å²) in [5, 5.41) is 0. The Kier molecular flexibility index (Phi) is 8.12. The second-order valence-corrected chi connectivity index (χ2v) is 9.29. The molecule has 1 heterocycles. The normalized spacial score (nSPS) is 17.1. The van der Waals surface area contributed by atoms with Gasteiger partial charge >= 0.3 is 47.6 Å². The lowest BCUT2D eigenvalue weighted by molar-refractivity contribution is -0.459. The maximum absolute atomic E-state index is 14.1. The molecule has 0 unspecified atom stereocenters. The molecule has 0 atom stereocenters. The van der Waals surface area contributed by atoms with Crippen molar-refractivity contribution in [2.45, 2.75) is 47.6 Å². The van der Waals surface area contributed by atoms with Crippen LogP contribution in [0.3, 0.4) is 0 Å². The molecule has 0 aromatic heterocycles. The summed E-state index contributed by atoms with van der Waals surface area (Å²) >= 11 is 0.590. The number of benzene rings is 1. The first-order valence-electron chi connectivity index (χ1n) is 9.58. The zero-order valence-corrected chi connectivity index (χ0v) is 20.3. The topological polar surface area (TPSA) is 37.4 Å². The molecule has 226 valence electrons. The van der Waals surface area contributed by atoms with E-state index in [1.165, 1.54) is 12.1 Å². The van der Waals surface area contributed by atoms with E-state index < -0.39 is 75.6 Å². The lowest BCUT2D eigenvalue weighted by Gasteiger charge is -2.42. The lowest BCUT2D eigenvalue weighted by atomic mass is 9.89. The smallest absolute Gasteiger partial charge is 0.269 e. The summed E-state index contributed by atoms with van der Waals surface area (Å²) in [4.78, 5) is 24.4. The van der Waals surface area contributed by atoms with Gasteiger partial charge in [-0.3, -0.25) is 14.5 Å². The molecule has 0 radical (unpaired) electrons. The average Bonchev–Trinajstić information content (AvgIpc) is 3.02. The standard InChI is InChI=1S/C19H7F17INO2/c20-12(21,5-7(37)6-38-10(39)8-3-1-2-4-9(8)11(38)40)13(22,23)14(24,25)15(26,27)16(28,29)17(30,31)18(32,33)19(34,35)36/h1-5H,6H2. The lowest BCUT2D eigenvalue weighted by Crippen LogP contribution is -2.74. The van der Waals surface area contributed by atoms with Gasteiger partial charge in [-0.2, -0.15) is 74.6 Å². The van der Waals surface area contributed by atoms with Crippen LogP contribution in [0.1, 0.15) is 20.7 Å². The number of carbonyl (C=O) groups is 2. The Hall–Kier alpha value is -2.36. The van der Waals surface area contributed by atoms with Gasteiger partial charge in [-0.1, -0.05) is 12.1 Å². The van der Waals surface area contributed by atoms with Crippen molar-refractivity contribution in [2.24, 2.45) is 0 Å². The Bertz CT molecular complexity index is 1190. The predicted octanol–water partition coefficient (Wildman–Crippen LogP) is 7.61. The molecule has 1 aliphatic rings. The molecule has 2 rings (SSSR count). The van der Waals surface area contributed by atoms with Crippen LogP contribution < -0.4 is 0 Å². The molecule has 1 aromatic rings. The Morgan fingerprint density at radius 3 is 1.27 bits per heavy atom. The summed E-state index contributed by atoms with van der Waals surface area (Å²) < 4.78 is 226. The van der Waals surface area contributed by atoms with Crippen LogP contribution in [0.2, 0.25) is 0 Å². The zero-order valence-electron chi connectivity index (χ0n) is 18.2. The van der Waals surface area contributed by atoms with Crippen molar-refractivity contribution in [3.63, 3.8) is 0 Å². The first-order valence-corrected chi connectivity index (χ1v) is 10.7. The number of imide groups is 1. The number of rotatable bonds is 9. The van der Waals surface area contributed by atoms with Crippen LogP contribution in [0.5, 0.6) is 0 Å². The van der Waals surface area contributed by atoms with E-state index in [2.05, 4.69) is 0 Å². The van der Waals surface area contributed by atoms with E-state index in [-0.39, 0.29) is 16.0 Å². The highest BCUT2D eigenvalue weighted by Crippen LogP contribution is 2.64. The molecule has 1 aromatic carbocycles. The van der Waals surface area contributed by atoms with Crippen molar-refractivity contribution < 1.29 is 84.2 Å². The minimum absolute atomic E-state index is 0.0673. The number of amides is 2. The van der Waals surface area contributed by atoms with Crippen LogP contribution in [0.25, 0.3) is 0 Å². The quantitative estimate of drug-likeness (QED) is 0.149. The fourth-order valence-electron chi connectivity index (χ4n) is 3.04. The molecule has 40 heavy (non-hydrogen) atoms. The summed E-state index contributed by atoms with van der Waals surface area (Å²) in [5.74, 6) is -59.8. The van der Waals surface area contributed by atoms with E-state index in [1.807, 2.05) is 0 Å². The molecule has 0 saturated heterocycles. The molecule has 0 N–H and O–H groups in total. The van der Waals surface area contributed by atoms with Gasteiger partial charge in [0.05, 0.1) is 17.7 Å². The number of alkyl halides is 17. The minimum Gasteiger partial charge on any atom is -0.269 e. The van der Waals surface area contributed by atoms with Gasteiger partial charge in [0.1, 0.15) is 0 Å². The largest absolute Gasteiger partial charge is 0.460 e. The fraction of sp³-hybridized carbons (Fsp3) is 0.474. The van der Waals surface area contributed by atoms with Gasteiger partial charge in [-0.05, 0) is 34.7 Å². The van der Waals surface area contributed by atoms with Gasteiger partial charge in [0.25, 0.3) is 11.8 Å². The number of hydrogen-bond acceptors (Lipinski definition) is 2. The summed E-state index contributed by atoms with van der Waals surface area (Å²) in [7, 11) is 0. The van der Waals surface area contributed by atoms with Gasteiger partial charge in [-0.15, -0.1) is 0 Å². The Balaban J connectivity index is 2.49. The van der Waals surface area contributed by atoms with Gasteiger partial charge in [-0.25, -0.2) is 0 Å². The Morgan fingerprint density at radius 1 is 0.600 bits per heavy atom. The van der Waals surface area contributed by atoms with Gasteiger partial charge in [0.15, 0.2) is 0 Å². The van der Waals surface area contributed by atoms with Crippen molar-refractivity contribution in [1.29, 1.82) is 0 Å². The van der Waals surface area contributed by atoms with Crippen molar-refractivity contribution >= 4 is 34.4 Å². The van der Waals surface area contributed by atoms with Crippen molar-refractivity contribution in [2.75, 3.05) is 6.54 Å². The van der Waals surface area contributed by atoms with Crippen LogP contribution in [-0.4, -0.2) is 70.9 Å². The fourth-order valence-corrected chi connectivity index (χ4v) is 3.78. The van der Waals surface area contributed by atoms with E-state index in [0.717, 1.165) is 12.1 Å². The third kappa shape index (κ3) is 4.58. The third-order valence-electron chi connectivity index (χ3n) is 5.27. The van der Waals surface area contributed by atoms with Gasteiger partial charge in [0.2, 0.25) is 0 Å². The first kappa shape index (κ1) is 33.8. The zero-order chi connectivity index (χ0) is 31.7. The maximum atomic E-state index is 14.1. The summed E-state index contributed by atoms with van der Waals surface area (Å²) in [6.07, 6.45) is -9.19. The first-order chi connectivity index (χ1) is 17.5. The maximum Gasteiger partial charge on any atom is 0.460 e. The van der Waals surface area contributed by atoms with E-state index in [9.17, 15) is 84.2 Å². The highest BCUT2D eigenvalue weighted by atomic mass is 127. The van der Waals surface area contributed by atoms with Crippen LogP contribution in [0.15, 0.2) is 33.9 Å². The highest BCUT2D eigenvalue weighted by Gasteiger charge is 2.95. The molecular formula is C19H7F17INO2. The summed E-state index contributed by atoms with van der Waals surface area (Å²) in [5.41, 5.74) is -0.697. The number of halogens is 18. The SMILES string of the molecule is O=C1c2ccccc2C(=O)N1CC(I)=CC(F)(F)C(F)(F)C(F)(F)C(F)(F)C(F)(F)C(F)(F)C(F)(F)C(F)(F)F.